The van der Waals surface area contributed by atoms with Crippen molar-refractivity contribution in [3.8, 4) is 0 Å². The summed E-state index contributed by atoms with van der Waals surface area (Å²) in [7, 11) is 0. The van der Waals surface area contributed by atoms with E-state index in [4.69, 9.17) is 4.74 Å². The summed E-state index contributed by atoms with van der Waals surface area (Å²) in [6.07, 6.45) is 10.4. The topological polar surface area (TPSA) is 26.3 Å². The average molecular weight is 224 g/mol. The Hall–Kier alpha value is -0.790. The highest BCUT2D eigenvalue weighted by molar-refractivity contribution is 5.82. The van der Waals surface area contributed by atoms with E-state index in [-0.39, 0.29) is 5.97 Å². The van der Waals surface area contributed by atoms with Gasteiger partial charge in [-0.05, 0) is 38.5 Å². The molecular formula is C14H24O2. The van der Waals surface area contributed by atoms with Crippen molar-refractivity contribution in [2.24, 2.45) is 5.92 Å². The first-order valence-electron chi connectivity index (χ1n) is 6.62. The molecule has 1 unspecified atom stereocenters. The van der Waals surface area contributed by atoms with Crippen LogP contribution in [-0.2, 0) is 9.53 Å². The van der Waals surface area contributed by atoms with E-state index in [1.54, 1.807) is 6.08 Å². The number of esters is 1. The lowest BCUT2D eigenvalue weighted by atomic mass is 9.82. The molecule has 2 heteroatoms. The van der Waals surface area contributed by atoms with Gasteiger partial charge in [-0.2, -0.15) is 0 Å². The van der Waals surface area contributed by atoms with E-state index in [2.05, 4.69) is 6.92 Å². The van der Waals surface area contributed by atoms with Crippen molar-refractivity contribution in [2.75, 3.05) is 6.61 Å². The summed E-state index contributed by atoms with van der Waals surface area (Å²) in [5.41, 5.74) is 1.30. The van der Waals surface area contributed by atoms with Crippen molar-refractivity contribution in [3.63, 3.8) is 0 Å². The lowest BCUT2D eigenvalue weighted by Crippen LogP contribution is -2.10. The van der Waals surface area contributed by atoms with Crippen LogP contribution in [0.4, 0.5) is 0 Å². The minimum absolute atomic E-state index is 0.159. The standard InChI is InChI=1S/C14H24O2/c1-3-5-7-12-8-6-9-13(10-12)11-14(15)16-4-2/h11-12H,3-10H2,1-2H3/b13-11+. The maximum absolute atomic E-state index is 11.3. The van der Waals surface area contributed by atoms with Crippen molar-refractivity contribution in [2.45, 2.75) is 58.8 Å². The highest BCUT2D eigenvalue weighted by Gasteiger charge is 2.17. The zero-order chi connectivity index (χ0) is 11.8. The van der Waals surface area contributed by atoms with Crippen LogP contribution in [0.25, 0.3) is 0 Å². The Morgan fingerprint density at radius 1 is 1.50 bits per heavy atom. The largest absolute Gasteiger partial charge is 0.463 e. The van der Waals surface area contributed by atoms with E-state index in [9.17, 15) is 4.79 Å². The summed E-state index contributed by atoms with van der Waals surface area (Å²) in [5, 5.41) is 0. The Balaban J connectivity index is 2.40. The molecule has 0 aromatic carbocycles. The number of hydrogen-bond acceptors (Lipinski definition) is 2. The predicted molar refractivity (Wildman–Crippen MR) is 66.2 cm³/mol. The second-order valence-corrected chi connectivity index (χ2v) is 4.66. The van der Waals surface area contributed by atoms with E-state index in [0.717, 1.165) is 18.8 Å². The van der Waals surface area contributed by atoms with E-state index >= 15 is 0 Å². The van der Waals surface area contributed by atoms with Crippen LogP contribution in [0.3, 0.4) is 0 Å². The maximum Gasteiger partial charge on any atom is 0.330 e. The molecule has 1 fully saturated rings. The van der Waals surface area contributed by atoms with Crippen molar-refractivity contribution in [1.29, 1.82) is 0 Å². The number of carbonyl (C=O) groups excluding carboxylic acids is 1. The molecule has 0 aromatic rings. The number of ether oxygens (including phenoxy) is 1. The second kappa shape index (κ2) is 7.48. The van der Waals surface area contributed by atoms with E-state index in [0.29, 0.717) is 6.61 Å². The molecule has 1 aliphatic carbocycles. The van der Waals surface area contributed by atoms with Gasteiger partial charge in [-0.15, -0.1) is 0 Å². The SMILES string of the molecule is CCCCC1CCC/C(=C\C(=O)OCC)C1. The second-order valence-electron chi connectivity index (χ2n) is 4.66. The van der Waals surface area contributed by atoms with E-state index in [1.807, 2.05) is 6.92 Å². The molecule has 0 saturated heterocycles. The summed E-state index contributed by atoms with van der Waals surface area (Å²) < 4.78 is 4.95. The van der Waals surface area contributed by atoms with Gasteiger partial charge in [0.05, 0.1) is 6.61 Å². The van der Waals surface area contributed by atoms with E-state index in [1.165, 1.54) is 37.7 Å². The Labute approximate surface area is 99.1 Å². The fourth-order valence-corrected chi connectivity index (χ4v) is 2.41. The third kappa shape index (κ3) is 4.82. The van der Waals surface area contributed by atoms with Gasteiger partial charge in [0.2, 0.25) is 0 Å². The summed E-state index contributed by atoms with van der Waals surface area (Å²) in [6.45, 7) is 4.56. The van der Waals surface area contributed by atoms with Gasteiger partial charge in [0.15, 0.2) is 0 Å². The van der Waals surface area contributed by atoms with Gasteiger partial charge < -0.3 is 4.74 Å². The number of hydrogen-bond donors (Lipinski definition) is 0. The fraction of sp³-hybridized carbons (Fsp3) is 0.786. The zero-order valence-corrected chi connectivity index (χ0v) is 10.6. The van der Waals surface area contributed by atoms with Gasteiger partial charge in [0.1, 0.15) is 0 Å². The van der Waals surface area contributed by atoms with Crippen molar-refractivity contribution < 1.29 is 9.53 Å². The van der Waals surface area contributed by atoms with Gasteiger partial charge in [-0.25, -0.2) is 4.79 Å². The van der Waals surface area contributed by atoms with Crippen LogP contribution >= 0.6 is 0 Å². The number of carbonyl (C=O) groups is 1. The molecule has 0 radical (unpaired) electrons. The molecule has 16 heavy (non-hydrogen) atoms. The molecule has 1 atom stereocenters. The lowest BCUT2D eigenvalue weighted by Gasteiger charge is -2.23. The molecule has 1 aliphatic rings. The fourth-order valence-electron chi connectivity index (χ4n) is 2.41. The first kappa shape index (κ1) is 13.3. The Bertz CT molecular complexity index is 243. The van der Waals surface area contributed by atoms with Crippen LogP contribution in [-0.4, -0.2) is 12.6 Å². The zero-order valence-electron chi connectivity index (χ0n) is 10.6. The molecule has 92 valence electrons. The van der Waals surface area contributed by atoms with Crippen molar-refractivity contribution in [3.05, 3.63) is 11.6 Å². The number of rotatable bonds is 5. The minimum atomic E-state index is -0.159. The van der Waals surface area contributed by atoms with Gasteiger partial charge >= 0.3 is 5.97 Å². The summed E-state index contributed by atoms with van der Waals surface area (Å²) in [6, 6.07) is 0. The first-order chi connectivity index (χ1) is 7.76. The number of allylic oxidation sites excluding steroid dienone is 1. The molecule has 1 rings (SSSR count). The van der Waals surface area contributed by atoms with Crippen molar-refractivity contribution >= 4 is 5.97 Å². The van der Waals surface area contributed by atoms with Gasteiger partial charge in [-0.3, -0.25) is 0 Å². The molecule has 0 amide bonds. The Morgan fingerprint density at radius 3 is 3.00 bits per heavy atom. The van der Waals surface area contributed by atoms with Crippen LogP contribution in [0, 0.1) is 5.92 Å². The highest BCUT2D eigenvalue weighted by Crippen LogP contribution is 2.31. The Morgan fingerprint density at radius 2 is 2.31 bits per heavy atom. The summed E-state index contributed by atoms with van der Waals surface area (Å²) in [5.74, 6) is 0.642. The van der Waals surface area contributed by atoms with Crippen LogP contribution in [0.1, 0.15) is 58.8 Å². The highest BCUT2D eigenvalue weighted by atomic mass is 16.5. The molecule has 0 bridgehead atoms. The quantitative estimate of drug-likeness (QED) is 0.523. The molecular weight excluding hydrogens is 200 g/mol. The maximum atomic E-state index is 11.3. The monoisotopic (exact) mass is 224 g/mol. The van der Waals surface area contributed by atoms with Crippen LogP contribution < -0.4 is 0 Å². The third-order valence-electron chi connectivity index (χ3n) is 3.24. The smallest absolute Gasteiger partial charge is 0.330 e. The predicted octanol–water partition coefficient (Wildman–Crippen LogP) is 3.86. The normalized spacial score (nSPS) is 23.4. The van der Waals surface area contributed by atoms with Crippen LogP contribution in [0.15, 0.2) is 11.6 Å². The Kier molecular flexibility index (Phi) is 6.20. The van der Waals surface area contributed by atoms with Gasteiger partial charge in [-0.1, -0.05) is 31.8 Å². The minimum Gasteiger partial charge on any atom is -0.463 e. The van der Waals surface area contributed by atoms with Gasteiger partial charge in [0.25, 0.3) is 0 Å². The van der Waals surface area contributed by atoms with Crippen molar-refractivity contribution in [1.82, 2.24) is 0 Å². The van der Waals surface area contributed by atoms with Gasteiger partial charge in [0, 0.05) is 6.08 Å². The third-order valence-corrected chi connectivity index (χ3v) is 3.24. The summed E-state index contributed by atoms with van der Waals surface area (Å²) >= 11 is 0. The molecule has 0 aliphatic heterocycles. The van der Waals surface area contributed by atoms with E-state index < -0.39 is 0 Å². The molecule has 0 heterocycles. The summed E-state index contributed by atoms with van der Waals surface area (Å²) in [4.78, 5) is 11.3. The first-order valence-corrected chi connectivity index (χ1v) is 6.62. The molecule has 0 N–H and O–H groups in total. The molecule has 0 aromatic heterocycles. The molecule has 2 nitrogen and oxygen atoms in total. The average Bonchev–Trinajstić information content (AvgIpc) is 2.27. The molecule has 1 saturated carbocycles. The van der Waals surface area contributed by atoms with Crippen LogP contribution in [0.5, 0.6) is 0 Å². The lowest BCUT2D eigenvalue weighted by molar-refractivity contribution is -0.137. The number of unbranched alkanes of at least 4 members (excludes halogenated alkanes) is 1. The molecule has 0 spiro atoms. The van der Waals surface area contributed by atoms with Crippen LogP contribution in [0.2, 0.25) is 0 Å².